The molecule has 0 rings (SSSR count). The molecule has 0 aliphatic rings. The third-order valence-electron chi connectivity index (χ3n) is 1.33. The van der Waals surface area contributed by atoms with E-state index in [1.807, 2.05) is 0 Å². The first kappa shape index (κ1) is 9.56. The maximum atomic E-state index is 11.0. The molecular weight excluding hydrogens is 166 g/mol. The second kappa shape index (κ2) is 5.18. The Labute approximate surface area is 70.6 Å². The summed E-state index contributed by atoms with van der Waals surface area (Å²) in [5.74, 6) is -1.08. The van der Waals surface area contributed by atoms with Crippen LogP contribution < -0.4 is 5.73 Å². The number of carbonyl (C=O) groups excluding carboxylic acids is 1. The summed E-state index contributed by atoms with van der Waals surface area (Å²) >= 11 is 0. The maximum Gasteiger partial charge on any atom is 0.182 e. The molecule has 0 aliphatic carbocycles. The monoisotopic (exact) mass is 180 g/mol. The van der Waals surface area contributed by atoms with Crippen molar-refractivity contribution in [1.82, 2.24) is 0 Å². The molecule has 0 saturated heterocycles. The molecule has 0 radical (unpaired) electrons. The molecular formula is C6H13NO5. The second-order valence-corrected chi connectivity index (χ2v) is 2.27. The fraction of sp³-hybridized carbons (Fsp3) is 0.833. The highest BCUT2D eigenvalue weighted by atomic mass is 16.4. The van der Waals surface area contributed by atoms with Gasteiger partial charge in [-0.15, -0.1) is 0 Å². The number of rotatable bonds is 5. The summed E-state index contributed by atoms with van der Waals surface area (Å²) in [6, 6.07) is -1.59. The Kier molecular flexibility index (Phi) is 4.12. The first-order valence-corrected chi connectivity index (χ1v) is 3.28. The highest BCUT2D eigenvalue weighted by molar-refractivity contribution is 5.88. The van der Waals surface area contributed by atoms with Gasteiger partial charge in [0, 0.05) is 0 Å². The van der Waals surface area contributed by atoms with Crippen LogP contribution in [0.3, 0.4) is 0 Å². The van der Waals surface area contributed by atoms with Crippen molar-refractivity contribution in [3.63, 3.8) is 0 Å². The van der Waals surface area contributed by atoms with Crippen molar-refractivity contribution in [1.29, 1.82) is 0 Å². The van der Waals surface area contributed by atoms with Crippen molar-refractivity contribution in [2.45, 2.75) is 18.2 Å². The average Bonchev–Trinajstić information content (AvgIpc) is 2.12. The lowest BCUT2D eigenvalue weighted by atomic mass is 10.0. The molecule has 0 aromatic rings. The van der Waals surface area contributed by atoms with E-state index in [-0.39, 0.29) is 0 Å². The van der Waals surface area contributed by atoms with E-state index in [1.54, 1.807) is 0 Å². The lowest BCUT2D eigenvalue weighted by molar-refractivity contribution is -0.136. The normalized spacial score (nSPS) is 22.2. The minimum Gasteiger partial charge on any atom is -0.394 e. The number of aliphatic hydroxyl groups excluding tert-OH is 4. The molecule has 1 unspecified atom stereocenters. The summed E-state index contributed by atoms with van der Waals surface area (Å²) in [5.41, 5.74) is 5.01. The van der Waals surface area contributed by atoms with Gasteiger partial charge in [-0.05, 0) is 0 Å². The highest BCUT2D eigenvalue weighted by Crippen LogP contribution is 1.96. The Hall–Kier alpha value is -0.530. The van der Waals surface area contributed by atoms with Crippen molar-refractivity contribution in [2.75, 3.05) is 13.2 Å². The molecule has 12 heavy (non-hydrogen) atoms. The predicted octanol–water partition coefficient (Wildman–Crippen LogP) is -3.41. The van der Waals surface area contributed by atoms with Crippen LogP contribution in [-0.2, 0) is 4.79 Å². The van der Waals surface area contributed by atoms with Gasteiger partial charge >= 0.3 is 0 Å². The maximum absolute atomic E-state index is 11.0. The minimum atomic E-state index is -1.88. The van der Waals surface area contributed by atoms with E-state index >= 15 is 0 Å². The molecule has 0 amide bonds. The van der Waals surface area contributed by atoms with Crippen LogP contribution in [0.25, 0.3) is 0 Å². The van der Waals surface area contributed by atoms with Gasteiger partial charge in [0.1, 0.15) is 12.2 Å². The van der Waals surface area contributed by atoms with Gasteiger partial charge < -0.3 is 26.2 Å². The molecule has 0 spiro atoms. The van der Waals surface area contributed by atoms with Crippen LogP contribution in [0.2, 0.25) is 0 Å². The van der Waals surface area contributed by atoms with Crippen LogP contribution in [0.5, 0.6) is 0 Å². The standard InChI is InChI=1S/C6H13NO5/c7-3(1-8)5(11)6(12)4(10)2-9/h3-4,6,8-10,12H,1-2,7H2/t3-,4+,6+/m0/s1/i1D/t1?,3-,4+,6+. The molecule has 6 nitrogen and oxygen atoms in total. The Balaban J connectivity index is 4.25. The van der Waals surface area contributed by atoms with Gasteiger partial charge in [-0.2, -0.15) is 0 Å². The van der Waals surface area contributed by atoms with Crippen molar-refractivity contribution in [3.05, 3.63) is 0 Å². The first-order chi connectivity index (χ1) is 5.91. The lowest BCUT2D eigenvalue weighted by Gasteiger charge is -2.16. The Morgan fingerprint density at radius 1 is 1.50 bits per heavy atom. The topological polar surface area (TPSA) is 124 Å². The molecule has 72 valence electrons. The third-order valence-corrected chi connectivity index (χ3v) is 1.33. The van der Waals surface area contributed by atoms with Crippen LogP contribution in [-0.4, -0.2) is 57.6 Å². The van der Waals surface area contributed by atoms with Gasteiger partial charge in [-0.3, -0.25) is 4.79 Å². The van der Waals surface area contributed by atoms with E-state index in [9.17, 15) is 4.79 Å². The quantitative estimate of drug-likeness (QED) is 0.300. The van der Waals surface area contributed by atoms with Crippen molar-refractivity contribution >= 4 is 5.78 Å². The van der Waals surface area contributed by atoms with E-state index in [4.69, 9.17) is 27.5 Å². The third kappa shape index (κ3) is 2.84. The van der Waals surface area contributed by atoms with Crippen LogP contribution in [0.4, 0.5) is 0 Å². The molecule has 0 aliphatic heterocycles. The fourth-order valence-electron chi connectivity index (χ4n) is 0.560. The Morgan fingerprint density at radius 2 is 2.00 bits per heavy atom. The number of hydrogen-bond donors (Lipinski definition) is 5. The largest absolute Gasteiger partial charge is 0.394 e. The average molecular weight is 180 g/mol. The van der Waals surface area contributed by atoms with Crippen LogP contribution in [0, 0.1) is 0 Å². The number of hydrogen-bond acceptors (Lipinski definition) is 6. The van der Waals surface area contributed by atoms with Gasteiger partial charge in [0.2, 0.25) is 0 Å². The summed E-state index contributed by atoms with van der Waals surface area (Å²) in [6.45, 7) is -2.65. The number of carbonyl (C=O) groups is 1. The van der Waals surface area contributed by atoms with Crippen LogP contribution in [0.15, 0.2) is 0 Å². The van der Waals surface area contributed by atoms with Crippen LogP contribution in [0.1, 0.15) is 1.37 Å². The molecule has 6 N–H and O–H groups in total. The summed E-state index contributed by atoms with van der Waals surface area (Å²) in [6.07, 6.45) is -3.52. The molecule has 4 atom stereocenters. The van der Waals surface area contributed by atoms with Crippen molar-refractivity contribution in [3.8, 4) is 0 Å². The van der Waals surface area contributed by atoms with E-state index in [0.717, 1.165) is 0 Å². The first-order valence-electron chi connectivity index (χ1n) is 3.86. The Bertz CT molecular complexity index is 176. The van der Waals surface area contributed by atoms with Gasteiger partial charge in [0.05, 0.1) is 20.6 Å². The zero-order valence-electron chi connectivity index (χ0n) is 7.29. The molecule has 0 aromatic carbocycles. The van der Waals surface area contributed by atoms with Gasteiger partial charge in [0.25, 0.3) is 0 Å². The predicted molar refractivity (Wildman–Crippen MR) is 39.2 cm³/mol. The minimum absolute atomic E-state index is 0.798. The van der Waals surface area contributed by atoms with Crippen LogP contribution >= 0.6 is 0 Å². The summed E-state index contributed by atoms with van der Waals surface area (Å²) in [5, 5.41) is 34.7. The summed E-state index contributed by atoms with van der Waals surface area (Å²) in [4.78, 5) is 11.0. The van der Waals surface area contributed by atoms with Crippen molar-refractivity contribution in [2.24, 2.45) is 5.73 Å². The summed E-state index contributed by atoms with van der Waals surface area (Å²) < 4.78 is 6.66. The Morgan fingerprint density at radius 3 is 2.33 bits per heavy atom. The number of aliphatic hydroxyl groups is 4. The number of Topliss-reactive ketones (excluding diaryl/α,β-unsaturated/α-hetero) is 1. The second-order valence-electron chi connectivity index (χ2n) is 2.27. The molecule has 6 heteroatoms. The summed E-state index contributed by atoms with van der Waals surface area (Å²) in [7, 11) is 0. The zero-order chi connectivity index (χ0) is 10.6. The van der Waals surface area contributed by atoms with E-state index in [1.165, 1.54) is 0 Å². The molecule has 0 saturated carbocycles. The van der Waals surface area contributed by atoms with E-state index < -0.39 is 37.2 Å². The van der Waals surface area contributed by atoms with E-state index in [2.05, 4.69) is 0 Å². The fourth-order valence-corrected chi connectivity index (χ4v) is 0.560. The zero-order valence-corrected chi connectivity index (χ0v) is 6.29. The molecule has 0 bridgehead atoms. The van der Waals surface area contributed by atoms with Gasteiger partial charge in [-0.25, -0.2) is 0 Å². The molecule has 0 fully saturated rings. The van der Waals surface area contributed by atoms with Gasteiger partial charge in [-0.1, -0.05) is 0 Å². The number of ketones is 1. The smallest absolute Gasteiger partial charge is 0.182 e. The highest BCUT2D eigenvalue weighted by Gasteiger charge is 2.27. The molecule has 0 aromatic heterocycles. The van der Waals surface area contributed by atoms with Crippen molar-refractivity contribution < 1.29 is 26.6 Å². The van der Waals surface area contributed by atoms with Gasteiger partial charge in [0.15, 0.2) is 5.78 Å². The molecule has 0 heterocycles. The number of nitrogens with two attached hydrogens (primary N) is 1. The SMILES string of the molecule is [2H]C(O)[C@H](N)C(=O)[C@H](O)[C@H](O)CO. The lowest BCUT2D eigenvalue weighted by Crippen LogP contribution is -2.47. The van der Waals surface area contributed by atoms with E-state index in [0.29, 0.717) is 0 Å².